The molecule has 272 valence electrons. The number of nitrogens with zero attached hydrogens (tertiary/aromatic N) is 4. The van der Waals surface area contributed by atoms with Gasteiger partial charge in [-0.15, -0.1) is 0 Å². The molecule has 0 fully saturated rings. The van der Waals surface area contributed by atoms with Crippen LogP contribution in [0.2, 0.25) is 0 Å². The normalized spacial score (nSPS) is 13.1. The van der Waals surface area contributed by atoms with Crippen LogP contribution in [0.15, 0.2) is 182 Å². The topological polar surface area (TPSA) is 43.6 Å². The molecule has 10 bridgehead atoms. The first-order chi connectivity index (χ1) is 28.5. The van der Waals surface area contributed by atoms with Gasteiger partial charge in [0.05, 0.1) is 11.0 Å². The van der Waals surface area contributed by atoms with E-state index in [0.29, 0.717) is 17.6 Å². The minimum atomic E-state index is -0.164. The second kappa shape index (κ2) is 12.3. The van der Waals surface area contributed by atoms with Gasteiger partial charge in [0.1, 0.15) is 0 Å². The number of rotatable bonds is 2. The van der Waals surface area contributed by atoms with Crippen molar-refractivity contribution in [1.82, 2.24) is 19.5 Å². The van der Waals surface area contributed by atoms with Gasteiger partial charge in [-0.05, 0) is 103 Å². The largest absolute Gasteiger partial charge is 0.278 e. The van der Waals surface area contributed by atoms with Gasteiger partial charge in [-0.2, -0.15) is 9.97 Å². The highest BCUT2D eigenvalue weighted by Gasteiger charge is 2.35. The second-order valence-electron chi connectivity index (χ2n) is 16.1. The Morgan fingerprint density at radius 1 is 0.362 bits per heavy atom. The third-order valence-corrected chi connectivity index (χ3v) is 12.4. The summed E-state index contributed by atoms with van der Waals surface area (Å²) in [6, 6.07) is 65.9. The van der Waals surface area contributed by atoms with Crippen LogP contribution < -0.4 is 0 Å². The standard InChI is InChI=1S/C54H36N4/c1-54(2)46-22-7-6-20-43(46)44-26-25-41(31-47(44)54)52-55-51-40-19-10-18-38(30-40)36-16-8-14-34(28-36)35-15-9-17-37(29-35)39-24-27-45-49(32-39)58(53(56-51)57-52)48-23-11-21-42(50(45)48)33-12-4-3-5-13-33/h3-32H,1-2H3. The summed E-state index contributed by atoms with van der Waals surface area (Å²) in [4.78, 5) is 16.1. The van der Waals surface area contributed by atoms with Gasteiger partial charge in [0.2, 0.25) is 5.95 Å². The van der Waals surface area contributed by atoms with E-state index in [1.54, 1.807) is 0 Å². The molecule has 0 N–H and O–H groups in total. The van der Waals surface area contributed by atoms with Crippen LogP contribution in [0.25, 0.3) is 106 Å². The van der Waals surface area contributed by atoms with Crippen LogP contribution in [0.5, 0.6) is 0 Å². The van der Waals surface area contributed by atoms with E-state index in [1.807, 2.05) is 0 Å². The molecule has 0 unspecified atom stereocenters. The molecule has 0 saturated carbocycles. The molecule has 8 aromatic carbocycles. The summed E-state index contributed by atoms with van der Waals surface area (Å²) in [7, 11) is 0. The highest BCUT2D eigenvalue weighted by molar-refractivity contribution is 6.16. The van der Waals surface area contributed by atoms with E-state index in [-0.39, 0.29) is 5.41 Å². The van der Waals surface area contributed by atoms with Crippen LogP contribution >= 0.6 is 0 Å². The Bertz CT molecular complexity index is 3320. The van der Waals surface area contributed by atoms with Crippen LogP contribution in [-0.4, -0.2) is 19.5 Å². The van der Waals surface area contributed by atoms with Crippen LogP contribution in [0.3, 0.4) is 0 Å². The molecule has 4 heteroatoms. The van der Waals surface area contributed by atoms with Crippen molar-refractivity contribution in [3.8, 4) is 84.4 Å². The number of fused-ring (bicyclic) bond motifs is 20. The maximum atomic E-state index is 5.43. The Morgan fingerprint density at radius 2 is 0.879 bits per heavy atom. The van der Waals surface area contributed by atoms with Crippen molar-refractivity contribution in [2.45, 2.75) is 19.3 Å². The van der Waals surface area contributed by atoms with Crippen molar-refractivity contribution in [2.24, 2.45) is 0 Å². The van der Waals surface area contributed by atoms with E-state index in [2.05, 4.69) is 200 Å². The molecular weight excluding hydrogens is 705 g/mol. The molecule has 2 aromatic heterocycles. The van der Waals surface area contributed by atoms with E-state index in [1.165, 1.54) is 49.9 Å². The molecule has 0 atom stereocenters. The van der Waals surface area contributed by atoms with Crippen molar-refractivity contribution in [3.63, 3.8) is 0 Å². The third-order valence-electron chi connectivity index (χ3n) is 12.4. The van der Waals surface area contributed by atoms with Gasteiger partial charge < -0.3 is 0 Å². The molecular formula is C54H36N4. The molecule has 0 spiro atoms. The van der Waals surface area contributed by atoms with Gasteiger partial charge in [0.25, 0.3) is 0 Å². The van der Waals surface area contributed by atoms with Crippen LogP contribution in [0.1, 0.15) is 25.0 Å². The zero-order valence-corrected chi connectivity index (χ0v) is 32.1. The summed E-state index contributed by atoms with van der Waals surface area (Å²) < 4.78 is 2.25. The first kappa shape index (κ1) is 32.8. The fraction of sp³-hybridized carbons (Fsp3) is 0.0556. The molecule has 4 nitrogen and oxygen atoms in total. The monoisotopic (exact) mass is 740 g/mol. The fourth-order valence-corrected chi connectivity index (χ4v) is 9.48. The Kier molecular flexibility index (Phi) is 6.94. The summed E-state index contributed by atoms with van der Waals surface area (Å²) >= 11 is 0. The van der Waals surface area contributed by atoms with Crippen molar-refractivity contribution in [3.05, 3.63) is 193 Å². The van der Waals surface area contributed by atoms with Crippen LogP contribution in [0, 0.1) is 0 Å². The minimum Gasteiger partial charge on any atom is -0.278 e. The number of aromatic nitrogens is 4. The smallest absolute Gasteiger partial charge is 0.238 e. The molecule has 0 amide bonds. The Balaban J connectivity index is 1.19. The number of hydrogen-bond donors (Lipinski definition) is 0. The lowest BCUT2D eigenvalue weighted by atomic mass is 9.82. The molecule has 58 heavy (non-hydrogen) atoms. The average Bonchev–Trinajstić information content (AvgIpc) is 3.74. The van der Waals surface area contributed by atoms with Gasteiger partial charge in [-0.25, -0.2) is 4.98 Å². The zero-order chi connectivity index (χ0) is 38.5. The van der Waals surface area contributed by atoms with Crippen LogP contribution in [-0.2, 0) is 5.41 Å². The van der Waals surface area contributed by atoms with Crippen molar-refractivity contribution < 1.29 is 0 Å². The molecule has 0 saturated heterocycles. The maximum Gasteiger partial charge on any atom is 0.238 e. The SMILES string of the molecule is CC1(C)c2ccccc2-c2ccc(-c3nc4nc(n3)-n3c5cc(ccc5c5c(-c6ccccc6)cccc53)-c3cccc(c3)-c3cccc(c3)-c3cccc-4c3)cc21. The summed E-state index contributed by atoms with van der Waals surface area (Å²) in [6.07, 6.45) is 0. The Labute approximate surface area is 336 Å². The predicted molar refractivity (Wildman–Crippen MR) is 238 cm³/mol. The third kappa shape index (κ3) is 4.91. The molecule has 12 rings (SSSR count). The second-order valence-corrected chi connectivity index (χ2v) is 16.1. The Morgan fingerprint density at radius 3 is 1.59 bits per heavy atom. The zero-order valence-electron chi connectivity index (χ0n) is 32.1. The summed E-state index contributed by atoms with van der Waals surface area (Å²) in [6.45, 7) is 4.63. The quantitative estimate of drug-likeness (QED) is 0.177. The molecule has 2 aliphatic rings. The lowest BCUT2D eigenvalue weighted by Gasteiger charge is -2.21. The van der Waals surface area contributed by atoms with E-state index in [4.69, 9.17) is 15.0 Å². The van der Waals surface area contributed by atoms with Gasteiger partial charge in [0.15, 0.2) is 11.6 Å². The Hall–Kier alpha value is -7.43. The van der Waals surface area contributed by atoms with Gasteiger partial charge >= 0.3 is 0 Å². The van der Waals surface area contributed by atoms with Gasteiger partial charge in [-0.3, -0.25) is 4.57 Å². The van der Waals surface area contributed by atoms with E-state index in [0.717, 1.165) is 49.8 Å². The average molecular weight is 741 g/mol. The molecule has 3 heterocycles. The molecule has 10 aromatic rings. The molecule has 1 aliphatic heterocycles. The van der Waals surface area contributed by atoms with Crippen molar-refractivity contribution in [1.29, 1.82) is 0 Å². The highest BCUT2D eigenvalue weighted by Crippen LogP contribution is 2.49. The number of hydrogen-bond acceptors (Lipinski definition) is 3. The lowest BCUT2D eigenvalue weighted by molar-refractivity contribution is 0.660. The van der Waals surface area contributed by atoms with E-state index < -0.39 is 0 Å². The van der Waals surface area contributed by atoms with Gasteiger partial charge in [-0.1, -0.05) is 159 Å². The predicted octanol–water partition coefficient (Wildman–Crippen LogP) is 13.6. The summed E-state index contributed by atoms with van der Waals surface area (Å²) in [5.41, 5.74) is 18.2. The summed E-state index contributed by atoms with van der Waals surface area (Å²) in [5.74, 6) is 1.85. The minimum absolute atomic E-state index is 0.164. The first-order valence-electron chi connectivity index (χ1n) is 19.9. The fourth-order valence-electron chi connectivity index (χ4n) is 9.48. The molecule has 1 aliphatic carbocycles. The van der Waals surface area contributed by atoms with Crippen LogP contribution in [0.4, 0.5) is 0 Å². The van der Waals surface area contributed by atoms with Gasteiger partial charge in [0, 0.05) is 27.3 Å². The van der Waals surface area contributed by atoms with Crippen molar-refractivity contribution >= 4 is 21.8 Å². The van der Waals surface area contributed by atoms with E-state index in [9.17, 15) is 0 Å². The lowest BCUT2D eigenvalue weighted by Crippen LogP contribution is -2.15. The number of benzene rings is 8. The van der Waals surface area contributed by atoms with E-state index >= 15 is 0 Å². The molecule has 0 radical (unpaired) electrons. The summed E-state index contributed by atoms with van der Waals surface area (Å²) in [5, 5.41) is 2.31. The highest BCUT2D eigenvalue weighted by atomic mass is 15.2. The maximum absolute atomic E-state index is 5.43. The van der Waals surface area contributed by atoms with Crippen molar-refractivity contribution in [2.75, 3.05) is 0 Å². The first-order valence-corrected chi connectivity index (χ1v) is 19.9.